The Bertz CT molecular complexity index is 774. The van der Waals surface area contributed by atoms with Gasteiger partial charge >= 0.3 is 0 Å². The van der Waals surface area contributed by atoms with E-state index in [1.807, 2.05) is 30.3 Å². The van der Waals surface area contributed by atoms with Gasteiger partial charge in [-0.05, 0) is 81.7 Å². The van der Waals surface area contributed by atoms with E-state index >= 15 is 0 Å². The number of likely N-dealkylation sites (tertiary alicyclic amines) is 1. The first-order valence-corrected chi connectivity index (χ1v) is 11.6. The molecule has 5 nitrogen and oxygen atoms in total. The Hall–Kier alpha value is -1.66. The highest BCUT2D eigenvalue weighted by atomic mass is 35.5. The summed E-state index contributed by atoms with van der Waals surface area (Å²) in [6.45, 7) is 8.85. The first-order chi connectivity index (χ1) is 14.7. The Balaban J connectivity index is 1.13. The smallest absolute Gasteiger partial charge is 0.0988 e. The Labute approximate surface area is 185 Å². The number of piperidine rings is 1. The van der Waals surface area contributed by atoms with Gasteiger partial charge in [0.1, 0.15) is 0 Å². The SMILES string of the molecule is OC(c1ccccn1)C1CCN(CCCN2CCN(c3cccc(Cl)c3)CC2)CC1. The number of aliphatic hydroxyl groups excluding tert-OH is 1. The third-order valence-electron chi connectivity index (χ3n) is 6.56. The summed E-state index contributed by atoms with van der Waals surface area (Å²) in [7, 11) is 0. The molecule has 1 aromatic heterocycles. The third-order valence-corrected chi connectivity index (χ3v) is 6.80. The molecule has 1 unspecified atom stereocenters. The molecule has 6 heteroatoms. The van der Waals surface area contributed by atoms with Crippen molar-refractivity contribution in [2.75, 3.05) is 57.3 Å². The van der Waals surface area contributed by atoms with E-state index in [0.29, 0.717) is 5.92 Å². The van der Waals surface area contributed by atoms with Gasteiger partial charge in [0.05, 0.1) is 11.8 Å². The fourth-order valence-corrected chi connectivity index (χ4v) is 4.89. The van der Waals surface area contributed by atoms with Crippen molar-refractivity contribution in [3.8, 4) is 0 Å². The molecule has 4 rings (SSSR count). The Kier molecular flexibility index (Phi) is 7.61. The summed E-state index contributed by atoms with van der Waals surface area (Å²) in [6.07, 6.45) is 4.66. The summed E-state index contributed by atoms with van der Waals surface area (Å²) in [5, 5.41) is 11.4. The Morgan fingerprint density at radius 1 is 0.933 bits per heavy atom. The molecular formula is C24H33ClN4O. The zero-order valence-corrected chi connectivity index (χ0v) is 18.4. The van der Waals surface area contributed by atoms with Crippen LogP contribution in [0.25, 0.3) is 0 Å². The molecule has 2 aromatic rings. The van der Waals surface area contributed by atoms with E-state index in [-0.39, 0.29) is 0 Å². The topological polar surface area (TPSA) is 42.8 Å². The first-order valence-electron chi connectivity index (χ1n) is 11.2. The quantitative estimate of drug-likeness (QED) is 0.728. The first kappa shape index (κ1) is 21.6. The van der Waals surface area contributed by atoms with Crippen LogP contribution < -0.4 is 4.90 Å². The molecule has 30 heavy (non-hydrogen) atoms. The Morgan fingerprint density at radius 2 is 1.67 bits per heavy atom. The third kappa shape index (κ3) is 5.73. The summed E-state index contributed by atoms with van der Waals surface area (Å²) in [6, 6.07) is 14.0. The van der Waals surface area contributed by atoms with Crippen molar-refractivity contribution in [1.82, 2.24) is 14.8 Å². The van der Waals surface area contributed by atoms with E-state index in [1.165, 1.54) is 18.7 Å². The molecule has 0 aliphatic carbocycles. The van der Waals surface area contributed by atoms with E-state index in [0.717, 1.165) is 69.4 Å². The zero-order valence-electron chi connectivity index (χ0n) is 17.7. The van der Waals surface area contributed by atoms with Gasteiger partial charge in [0, 0.05) is 43.1 Å². The predicted octanol–water partition coefficient (Wildman–Crippen LogP) is 3.69. The molecule has 0 saturated carbocycles. The summed E-state index contributed by atoms with van der Waals surface area (Å²) < 4.78 is 0. The standard InChI is InChI=1S/C24H33ClN4O/c25-21-5-3-6-22(19-21)29-17-15-28(16-18-29)12-4-11-27-13-8-20(9-14-27)24(30)23-7-1-2-10-26-23/h1-3,5-7,10,19-20,24,30H,4,8-9,11-18H2. The maximum atomic E-state index is 10.6. The van der Waals surface area contributed by atoms with Crippen molar-refractivity contribution in [3.05, 3.63) is 59.4 Å². The molecule has 1 aromatic carbocycles. The van der Waals surface area contributed by atoms with E-state index in [2.05, 4.69) is 31.8 Å². The lowest BCUT2D eigenvalue weighted by atomic mass is 9.89. The highest BCUT2D eigenvalue weighted by Crippen LogP contribution is 2.29. The monoisotopic (exact) mass is 428 g/mol. The molecule has 3 heterocycles. The van der Waals surface area contributed by atoms with E-state index in [1.54, 1.807) is 6.20 Å². The van der Waals surface area contributed by atoms with Crippen LogP contribution in [0.15, 0.2) is 48.7 Å². The van der Waals surface area contributed by atoms with Crippen LogP contribution in [0.5, 0.6) is 0 Å². The molecule has 1 N–H and O–H groups in total. The van der Waals surface area contributed by atoms with Crippen LogP contribution in [-0.4, -0.2) is 72.2 Å². The average molecular weight is 429 g/mol. The van der Waals surface area contributed by atoms with Crippen LogP contribution >= 0.6 is 11.6 Å². The number of aliphatic hydroxyl groups is 1. The van der Waals surface area contributed by atoms with Crippen molar-refractivity contribution >= 4 is 17.3 Å². The summed E-state index contributed by atoms with van der Waals surface area (Å²) in [4.78, 5) is 11.9. The molecule has 2 aliphatic rings. The van der Waals surface area contributed by atoms with Crippen molar-refractivity contribution in [2.24, 2.45) is 5.92 Å². The van der Waals surface area contributed by atoms with Gasteiger partial charge in [-0.3, -0.25) is 9.88 Å². The van der Waals surface area contributed by atoms with Gasteiger partial charge in [-0.25, -0.2) is 0 Å². The van der Waals surface area contributed by atoms with Gasteiger partial charge in [-0.1, -0.05) is 23.7 Å². The number of hydrogen-bond donors (Lipinski definition) is 1. The lowest BCUT2D eigenvalue weighted by Crippen LogP contribution is -2.47. The second-order valence-electron chi connectivity index (χ2n) is 8.54. The highest BCUT2D eigenvalue weighted by Gasteiger charge is 2.27. The average Bonchev–Trinajstić information content (AvgIpc) is 2.80. The number of anilines is 1. The predicted molar refractivity (Wildman–Crippen MR) is 123 cm³/mol. The number of piperazine rings is 1. The zero-order chi connectivity index (χ0) is 20.8. The van der Waals surface area contributed by atoms with Crippen LogP contribution in [0.2, 0.25) is 5.02 Å². The molecule has 0 amide bonds. The second-order valence-corrected chi connectivity index (χ2v) is 8.98. The molecule has 0 radical (unpaired) electrons. The van der Waals surface area contributed by atoms with Gasteiger partial charge in [0.2, 0.25) is 0 Å². The second kappa shape index (κ2) is 10.6. The maximum Gasteiger partial charge on any atom is 0.0988 e. The Morgan fingerprint density at radius 3 is 2.33 bits per heavy atom. The number of aromatic nitrogens is 1. The van der Waals surface area contributed by atoms with Gasteiger partial charge in [-0.15, -0.1) is 0 Å². The maximum absolute atomic E-state index is 10.6. The fourth-order valence-electron chi connectivity index (χ4n) is 4.71. The van der Waals surface area contributed by atoms with Gasteiger partial charge in [0.15, 0.2) is 0 Å². The number of benzene rings is 1. The largest absolute Gasteiger partial charge is 0.387 e. The van der Waals surface area contributed by atoms with Crippen LogP contribution in [0.4, 0.5) is 5.69 Å². The van der Waals surface area contributed by atoms with Gasteiger partial charge in [0.25, 0.3) is 0 Å². The van der Waals surface area contributed by atoms with E-state index in [9.17, 15) is 5.11 Å². The van der Waals surface area contributed by atoms with E-state index in [4.69, 9.17) is 11.6 Å². The van der Waals surface area contributed by atoms with Crippen LogP contribution in [0.1, 0.15) is 31.1 Å². The van der Waals surface area contributed by atoms with Crippen molar-refractivity contribution < 1.29 is 5.11 Å². The number of nitrogens with zero attached hydrogens (tertiary/aromatic N) is 4. The highest BCUT2D eigenvalue weighted by molar-refractivity contribution is 6.30. The molecule has 0 spiro atoms. The molecule has 0 bridgehead atoms. The lowest BCUT2D eigenvalue weighted by Gasteiger charge is -2.37. The molecule has 162 valence electrons. The normalized spacial score (nSPS) is 20.4. The van der Waals surface area contributed by atoms with Crippen LogP contribution in [0, 0.1) is 5.92 Å². The van der Waals surface area contributed by atoms with Gasteiger partial charge in [-0.2, -0.15) is 0 Å². The van der Waals surface area contributed by atoms with Gasteiger partial charge < -0.3 is 14.9 Å². The molecule has 1 atom stereocenters. The molecule has 2 saturated heterocycles. The fraction of sp³-hybridized carbons (Fsp3) is 0.542. The minimum Gasteiger partial charge on any atom is -0.387 e. The summed E-state index contributed by atoms with van der Waals surface area (Å²) >= 11 is 6.13. The minimum atomic E-state index is -0.427. The number of hydrogen-bond acceptors (Lipinski definition) is 5. The lowest BCUT2D eigenvalue weighted by molar-refractivity contribution is 0.0548. The minimum absolute atomic E-state index is 0.329. The summed E-state index contributed by atoms with van der Waals surface area (Å²) in [5.74, 6) is 0.329. The van der Waals surface area contributed by atoms with Crippen molar-refractivity contribution in [2.45, 2.75) is 25.4 Å². The van der Waals surface area contributed by atoms with E-state index < -0.39 is 6.10 Å². The summed E-state index contributed by atoms with van der Waals surface area (Å²) in [5.41, 5.74) is 2.05. The molecule has 2 aliphatic heterocycles. The molecule has 2 fully saturated rings. The number of pyridine rings is 1. The van der Waals surface area contributed by atoms with Crippen LogP contribution in [-0.2, 0) is 0 Å². The van der Waals surface area contributed by atoms with Crippen molar-refractivity contribution in [3.63, 3.8) is 0 Å². The molecular weight excluding hydrogens is 396 g/mol. The number of rotatable bonds is 7. The van der Waals surface area contributed by atoms with Crippen LogP contribution in [0.3, 0.4) is 0 Å². The number of halogens is 1. The van der Waals surface area contributed by atoms with Crippen molar-refractivity contribution in [1.29, 1.82) is 0 Å².